The van der Waals surface area contributed by atoms with E-state index in [1.165, 1.54) is 87.5 Å². The zero-order chi connectivity index (χ0) is 34.9. The van der Waals surface area contributed by atoms with E-state index in [2.05, 4.69) is 20.6 Å². The number of carboxylic acids is 1. The molecule has 0 aliphatic heterocycles. The summed E-state index contributed by atoms with van der Waals surface area (Å²) in [7, 11) is 3.16. The first-order valence-corrected chi connectivity index (χ1v) is 18.0. The number of ether oxygens (including phenoxy) is 1. The molecule has 1 heterocycles. The number of hydrogen-bond donors (Lipinski definition) is 2. The number of tetrazole rings is 1. The van der Waals surface area contributed by atoms with E-state index in [-0.39, 0.29) is 30.4 Å². The molecule has 1 aromatic heterocycles. The number of carbonyl (C=O) groups is 4. The summed E-state index contributed by atoms with van der Waals surface area (Å²) in [5, 5.41) is 23.7. The molecule has 2 amide bonds. The highest BCUT2D eigenvalue weighted by molar-refractivity contribution is 5.84. The van der Waals surface area contributed by atoms with E-state index in [4.69, 9.17) is 4.74 Å². The summed E-state index contributed by atoms with van der Waals surface area (Å²) in [5.74, 6) is -0.562. The Balaban J connectivity index is 2.04. The normalized spacial score (nSPS) is 12.2. The Morgan fingerprint density at radius 3 is 1.77 bits per heavy atom. The second-order valence-corrected chi connectivity index (χ2v) is 13.9. The van der Waals surface area contributed by atoms with Crippen LogP contribution in [0.5, 0.6) is 0 Å². The highest BCUT2D eigenvalue weighted by Crippen LogP contribution is 2.17. The van der Waals surface area contributed by atoms with E-state index in [9.17, 15) is 24.3 Å². The molecule has 0 radical (unpaired) electrons. The number of carbonyl (C=O) groups excluding carboxylic acids is 3. The summed E-state index contributed by atoms with van der Waals surface area (Å²) in [6, 6.07) is -1.03. The molecule has 0 aromatic carbocycles. The van der Waals surface area contributed by atoms with Crippen molar-refractivity contribution >= 4 is 23.6 Å². The van der Waals surface area contributed by atoms with Crippen LogP contribution in [-0.4, -0.2) is 99.0 Å². The van der Waals surface area contributed by atoms with Crippen LogP contribution in [0.15, 0.2) is 0 Å². The summed E-state index contributed by atoms with van der Waals surface area (Å²) < 4.78 is 5.50. The van der Waals surface area contributed by atoms with Gasteiger partial charge in [0.2, 0.25) is 11.8 Å². The molecular formula is C35H64N6O6. The number of likely N-dealkylation sites (N-methyl/N-ethyl adjacent to an activating group) is 2. The van der Waals surface area contributed by atoms with Crippen molar-refractivity contribution in [3.63, 3.8) is 0 Å². The number of aromatic nitrogens is 4. The molecule has 12 heteroatoms. The lowest BCUT2D eigenvalue weighted by molar-refractivity contribution is -0.149. The smallest absolute Gasteiger partial charge is 0.326 e. The van der Waals surface area contributed by atoms with Gasteiger partial charge in [-0.15, -0.1) is 10.2 Å². The van der Waals surface area contributed by atoms with Crippen LogP contribution < -0.4 is 0 Å². The van der Waals surface area contributed by atoms with E-state index < -0.39 is 17.4 Å². The topological polar surface area (TPSA) is 159 Å². The van der Waals surface area contributed by atoms with Crippen molar-refractivity contribution in [1.29, 1.82) is 0 Å². The van der Waals surface area contributed by atoms with Crippen molar-refractivity contribution in [3.8, 4) is 0 Å². The van der Waals surface area contributed by atoms with E-state index in [1.807, 2.05) is 20.8 Å². The summed E-state index contributed by atoms with van der Waals surface area (Å²) in [4.78, 5) is 51.9. The third-order valence-electron chi connectivity index (χ3n) is 8.76. The van der Waals surface area contributed by atoms with Crippen LogP contribution in [0.25, 0.3) is 0 Å². The molecule has 0 aliphatic carbocycles. The maximum atomic E-state index is 12.7. The van der Waals surface area contributed by atoms with Crippen LogP contribution in [0.3, 0.4) is 0 Å². The maximum absolute atomic E-state index is 12.7. The molecule has 1 aromatic rings. The molecule has 0 unspecified atom stereocenters. The van der Waals surface area contributed by atoms with Gasteiger partial charge in [-0.25, -0.2) is 4.79 Å². The number of aliphatic carboxylic acids is 1. The second-order valence-electron chi connectivity index (χ2n) is 13.9. The van der Waals surface area contributed by atoms with Crippen molar-refractivity contribution in [2.75, 3.05) is 33.9 Å². The SMILES string of the molecule is CN(CCOCCC(=O)C(C)(C)C)C(=O)CC[C@@H](C(=O)O)N(C)C(=O)CCCCCCCCCCCCCCCCCc1nn[nH]n1. The van der Waals surface area contributed by atoms with Gasteiger partial charge in [0.25, 0.3) is 0 Å². The van der Waals surface area contributed by atoms with Crippen LogP contribution in [0, 0.1) is 5.41 Å². The molecular weight excluding hydrogens is 600 g/mol. The number of rotatable bonds is 29. The van der Waals surface area contributed by atoms with E-state index in [1.54, 1.807) is 7.05 Å². The van der Waals surface area contributed by atoms with E-state index in [0.29, 0.717) is 32.6 Å². The van der Waals surface area contributed by atoms with Gasteiger partial charge in [0.05, 0.1) is 13.2 Å². The molecule has 47 heavy (non-hydrogen) atoms. The summed E-state index contributed by atoms with van der Waals surface area (Å²) in [6.07, 6.45) is 19.6. The number of carboxylic acid groups (broad SMARTS) is 1. The zero-order valence-electron chi connectivity index (χ0n) is 30.1. The zero-order valence-corrected chi connectivity index (χ0v) is 30.1. The Morgan fingerprint density at radius 2 is 1.28 bits per heavy atom. The van der Waals surface area contributed by atoms with Crippen molar-refractivity contribution < 1.29 is 29.0 Å². The van der Waals surface area contributed by atoms with Gasteiger partial charge in [0, 0.05) is 51.7 Å². The van der Waals surface area contributed by atoms with E-state index in [0.717, 1.165) is 37.9 Å². The Kier molecular flexibility index (Phi) is 22.6. The molecule has 0 bridgehead atoms. The van der Waals surface area contributed by atoms with Gasteiger partial charge < -0.3 is 19.6 Å². The first-order valence-electron chi connectivity index (χ1n) is 18.0. The number of amides is 2. The number of ketones is 1. The third kappa shape index (κ3) is 20.9. The quantitative estimate of drug-likeness (QED) is 0.0957. The van der Waals surface area contributed by atoms with Gasteiger partial charge >= 0.3 is 5.97 Å². The van der Waals surface area contributed by atoms with Crippen molar-refractivity contribution in [3.05, 3.63) is 5.82 Å². The summed E-state index contributed by atoms with van der Waals surface area (Å²) in [5.41, 5.74) is -0.397. The van der Waals surface area contributed by atoms with Crippen LogP contribution in [0.2, 0.25) is 0 Å². The number of nitrogens with one attached hydrogen (secondary N) is 1. The van der Waals surface area contributed by atoms with Gasteiger partial charge in [-0.1, -0.05) is 109 Å². The van der Waals surface area contributed by atoms with Gasteiger partial charge in [-0.05, 0) is 19.3 Å². The number of H-pyrrole nitrogens is 1. The van der Waals surface area contributed by atoms with Crippen molar-refractivity contribution in [1.82, 2.24) is 30.4 Å². The molecule has 0 fully saturated rings. The minimum atomic E-state index is -1.10. The largest absolute Gasteiger partial charge is 0.480 e. The molecule has 12 nitrogen and oxygen atoms in total. The Morgan fingerprint density at radius 1 is 0.745 bits per heavy atom. The minimum Gasteiger partial charge on any atom is -0.480 e. The fraction of sp³-hybridized carbons (Fsp3) is 0.857. The summed E-state index contributed by atoms with van der Waals surface area (Å²) >= 11 is 0. The van der Waals surface area contributed by atoms with Gasteiger partial charge in [0.1, 0.15) is 11.8 Å². The molecule has 1 atom stereocenters. The fourth-order valence-corrected chi connectivity index (χ4v) is 5.40. The molecule has 0 aliphatic rings. The number of Topliss-reactive ketones (excluding diaryl/α,β-unsaturated/α-hetero) is 1. The molecule has 0 saturated heterocycles. The highest BCUT2D eigenvalue weighted by atomic mass is 16.5. The Bertz CT molecular complexity index is 997. The number of unbranched alkanes of at least 4 members (excludes halogenated alkanes) is 14. The lowest BCUT2D eigenvalue weighted by atomic mass is 9.89. The average Bonchev–Trinajstić information content (AvgIpc) is 3.55. The molecule has 1 rings (SSSR count). The predicted molar refractivity (Wildman–Crippen MR) is 183 cm³/mol. The van der Waals surface area contributed by atoms with Crippen molar-refractivity contribution in [2.45, 2.75) is 155 Å². The fourth-order valence-electron chi connectivity index (χ4n) is 5.40. The van der Waals surface area contributed by atoms with E-state index >= 15 is 0 Å². The standard InChI is InChI=1S/C35H64N6O6/c1-35(2,3)30(42)25-27-47-28-26-40(4)32(43)24-23-29(34(45)46)41(5)33(44)22-20-18-16-14-12-10-8-6-7-9-11-13-15-17-19-21-31-36-38-39-37-31/h29H,6-28H2,1-5H3,(H,45,46)(H,36,37,38,39)/t29-/m0/s1. The molecule has 0 saturated carbocycles. The minimum absolute atomic E-state index is 0.0258. The Labute approximate surface area is 283 Å². The number of hydrogen-bond acceptors (Lipinski definition) is 8. The number of aryl methyl sites for hydroxylation is 1. The van der Waals surface area contributed by atoms with Crippen molar-refractivity contribution in [2.24, 2.45) is 5.41 Å². The average molecular weight is 665 g/mol. The first-order chi connectivity index (χ1) is 22.4. The van der Waals surface area contributed by atoms with Crippen LogP contribution in [0.4, 0.5) is 0 Å². The van der Waals surface area contributed by atoms with Crippen LogP contribution in [0.1, 0.15) is 149 Å². The molecule has 2 N–H and O–H groups in total. The summed E-state index contributed by atoms with van der Waals surface area (Å²) in [6.45, 7) is 6.57. The highest BCUT2D eigenvalue weighted by Gasteiger charge is 2.27. The molecule has 0 spiro atoms. The lowest BCUT2D eigenvalue weighted by Gasteiger charge is -2.26. The third-order valence-corrected chi connectivity index (χ3v) is 8.76. The first kappa shape index (κ1) is 42.1. The van der Waals surface area contributed by atoms with Crippen LogP contribution >= 0.6 is 0 Å². The second kappa shape index (κ2) is 25.2. The number of nitrogens with zero attached hydrogens (tertiary/aromatic N) is 5. The predicted octanol–water partition coefficient (Wildman–Crippen LogP) is 6.16. The lowest BCUT2D eigenvalue weighted by Crippen LogP contribution is -2.43. The number of aromatic amines is 1. The monoisotopic (exact) mass is 664 g/mol. The Hall–Kier alpha value is -2.89. The van der Waals surface area contributed by atoms with Gasteiger partial charge in [-0.2, -0.15) is 5.21 Å². The van der Waals surface area contributed by atoms with Gasteiger partial charge in [-0.3, -0.25) is 14.4 Å². The van der Waals surface area contributed by atoms with Gasteiger partial charge in [0.15, 0.2) is 5.82 Å². The molecule has 270 valence electrons. The maximum Gasteiger partial charge on any atom is 0.326 e. The van der Waals surface area contributed by atoms with Crippen LogP contribution in [-0.2, 0) is 30.3 Å².